The fraction of sp³-hybridized carbons (Fsp3) is 0.478. The number of carbonyl (C=O) groups excluding carboxylic acids is 1. The molecular formula is C23H30N6O3S. The Morgan fingerprint density at radius 1 is 1.12 bits per heavy atom. The van der Waals surface area contributed by atoms with Crippen molar-refractivity contribution in [3.8, 4) is 11.5 Å². The van der Waals surface area contributed by atoms with Crippen molar-refractivity contribution in [2.24, 2.45) is 0 Å². The lowest BCUT2D eigenvalue weighted by molar-refractivity contribution is -0.123. The molecule has 1 fully saturated rings. The monoisotopic (exact) mass is 470 g/mol. The van der Waals surface area contributed by atoms with Gasteiger partial charge in [-0.2, -0.15) is 5.10 Å². The van der Waals surface area contributed by atoms with Crippen molar-refractivity contribution in [1.29, 1.82) is 0 Å². The number of nitrogens with zero attached hydrogens (tertiary/aromatic N) is 5. The first kappa shape index (κ1) is 23.2. The summed E-state index contributed by atoms with van der Waals surface area (Å²) in [7, 11) is 1.61. The highest BCUT2D eigenvalue weighted by atomic mass is 32.2. The average molecular weight is 471 g/mol. The van der Waals surface area contributed by atoms with E-state index in [-0.39, 0.29) is 12.5 Å². The lowest BCUT2D eigenvalue weighted by atomic mass is 10.1. The molecule has 1 aliphatic rings. The Labute approximate surface area is 197 Å². The Kier molecular flexibility index (Phi) is 7.87. The van der Waals surface area contributed by atoms with E-state index in [1.807, 2.05) is 10.9 Å². The zero-order valence-corrected chi connectivity index (χ0v) is 19.9. The fourth-order valence-corrected chi connectivity index (χ4v) is 4.36. The zero-order chi connectivity index (χ0) is 23.0. The van der Waals surface area contributed by atoms with Gasteiger partial charge in [-0.1, -0.05) is 18.7 Å². The van der Waals surface area contributed by atoms with Gasteiger partial charge in [0, 0.05) is 19.6 Å². The Morgan fingerprint density at radius 3 is 2.61 bits per heavy atom. The van der Waals surface area contributed by atoms with Crippen molar-refractivity contribution in [1.82, 2.24) is 25.1 Å². The number of rotatable bonds is 10. The number of aromatic nitrogens is 4. The summed E-state index contributed by atoms with van der Waals surface area (Å²) in [6.07, 6.45) is 5.47. The van der Waals surface area contributed by atoms with E-state index in [4.69, 9.17) is 19.4 Å². The van der Waals surface area contributed by atoms with Crippen molar-refractivity contribution >= 4 is 34.5 Å². The smallest absolute Gasteiger partial charge is 0.258 e. The molecule has 1 saturated heterocycles. The minimum Gasteiger partial charge on any atom is -0.497 e. The van der Waals surface area contributed by atoms with E-state index in [1.165, 1.54) is 19.3 Å². The van der Waals surface area contributed by atoms with E-state index >= 15 is 0 Å². The molecule has 0 saturated carbocycles. The van der Waals surface area contributed by atoms with Crippen molar-refractivity contribution in [3.05, 3.63) is 30.5 Å². The molecular weight excluding hydrogens is 440 g/mol. The average Bonchev–Trinajstić information content (AvgIpc) is 3.26. The normalized spacial score (nSPS) is 13.8. The third-order valence-electron chi connectivity index (χ3n) is 5.46. The van der Waals surface area contributed by atoms with Crippen LogP contribution in [0.15, 0.2) is 35.6 Å². The first-order chi connectivity index (χ1) is 16.2. The highest BCUT2D eigenvalue weighted by Crippen LogP contribution is 2.29. The van der Waals surface area contributed by atoms with Crippen molar-refractivity contribution in [2.45, 2.75) is 37.9 Å². The van der Waals surface area contributed by atoms with Gasteiger partial charge >= 0.3 is 0 Å². The van der Waals surface area contributed by atoms with E-state index in [0.717, 1.165) is 46.6 Å². The number of benzene rings is 1. The molecule has 33 heavy (non-hydrogen) atoms. The summed E-state index contributed by atoms with van der Waals surface area (Å²) in [4.78, 5) is 24.1. The number of piperidine rings is 1. The lowest BCUT2D eigenvalue weighted by Crippen LogP contribution is -2.32. The predicted octanol–water partition coefficient (Wildman–Crippen LogP) is 3.13. The standard InChI is InChI=1S/C23H30N6O3S/c1-3-33-23-26-21(28-12-5-4-6-13-28)19-15-25-29(22(19)27-23)14-11-24-20(30)16-32-18-9-7-17(31-2)8-10-18/h7-10,15H,3-6,11-14,16H2,1-2H3,(H,24,30). The number of amides is 1. The van der Waals surface area contributed by atoms with Crippen LogP contribution >= 0.6 is 11.8 Å². The van der Waals surface area contributed by atoms with Gasteiger partial charge in [0.1, 0.15) is 17.3 Å². The van der Waals surface area contributed by atoms with Crippen LogP contribution in [0.25, 0.3) is 11.0 Å². The highest BCUT2D eigenvalue weighted by Gasteiger charge is 2.20. The molecule has 9 nitrogen and oxygen atoms in total. The van der Waals surface area contributed by atoms with Crippen LogP contribution in [0.4, 0.5) is 5.82 Å². The van der Waals surface area contributed by atoms with Crippen LogP contribution in [-0.2, 0) is 11.3 Å². The number of methoxy groups -OCH3 is 1. The molecule has 0 bridgehead atoms. The van der Waals surface area contributed by atoms with Gasteiger partial charge in [-0.15, -0.1) is 0 Å². The highest BCUT2D eigenvalue weighted by molar-refractivity contribution is 7.99. The number of hydrogen-bond donors (Lipinski definition) is 1. The number of fused-ring (bicyclic) bond motifs is 1. The van der Waals surface area contributed by atoms with Crippen LogP contribution < -0.4 is 19.7 Å². The van der Waals surface area contributed by atoms with Crippen LogP contribution in [0.5, 0.6) is 11.5 Å². The molecule has 10 heteroatoms. The number of hydrogen-bond acceptors (Lipinski definition) is 8. The molecule has 0 radical (unpaired) electrons. The molecule has 2 aromatic heterocycles. The van der Waals surface area contributed by atoms with Gasteiger partial charge in [-0.3, -0.25) is 4.79 Å². The molecule has 3 aromatic rings. The van der Waals surface area contributed by atoms with Gasteiger partial charge in [0.05, 0.1) is 25.2 Å². The Balaban J connectivity index is 1.37. The van der Waals surface area contributed by atoms with Crippen LogP contribution in [0, 0.1) is 0 Å². The number of thioether (sulfide) groups is 1. The lowest BCUT2D eigenvalue weighted by Gasteiger charge is -2.28. The van der Waals surface area contributed by atoms with Crippen LogP contribution in [0.2, 0.25) is 0 Å². The molecule has 1 aromatic carbocycles. The van der Waals surface area contributed by atoms with Gasteiger partial charge < -0.3 is 19.7 Å². The van der Waals surface area contributed by atoms with E-state index in [9.17, 15) is 4.79 Å². The summed E-state index contributed by atoms with van der Waals surface area (Å²) >= 11 is 1.63. The van der Waals surface area contributed by atoms with Crippen molar-refractivity contribution in [2.75, 3.05) is 44.0 Å². The van der Waals surface area contributed by atoms with E-state index in [1.54, 1.807) is 43.1 Å². The topological polar surface area (TPSA) is 94.4 Å². The van der Waals surface area contributed by atoms with Gasteiger partial charge in [0.15, 0.2) is 17.4 Å². The molecule has 1 N–H and O–H groups in total. The molecule has 1 aliphatic heterocycles. The number of anilines is 1. The maximum absolute atomic E-state index is 12.2. The maximum Gasteiger partial charge on any atom is 0.258 e. The molecule has 0 aliphatic carbocycles. The minimum absolute atomic E-state index is 0.0508. The van der Waals surface area contributed by atoms with Crippen LogP contribution in [-0.4, -0.2) is 64.8 Å². The Hall–Kier alpha value is -3.01. The predicted molar refractivity (Wildman–Crippen MR) is 129 cm³/mol. The van der Waals surface area contributed by atoms with Crippen molar-refractivity contribution in [3.63, 3.8) is 0 Å². The Morgan fingerprint density at radius 2 is 1.88 bits per heavy atom. The molecule has 4 rings (SSSR count). The largest absolute Gasteiger partial charge is 0.497 e. The second-order valence-corrected chi connectivity index (χ2v) is 8.96. The van der Waals surface area contributed by atoms with Crippen LogP contribution in [0.1, 0.15) is 26.2 Å². The third-order valence-corrected chi connectivity index (χ3v) is 6.19. The SMILES string of the molecule is CCSc1nc(N2CCCCC2)c2cnn(CCNC(=O)COc3ccc(OC)cc3)c2n1. The van der Waals surface area contributed by atoms with Gasteiger partial charge in [0.25, 0.3) is 5.91 Å². The molecule has 0 atom stereocenters. The molecule has 176 valence electrons. The summed E-state index contributed by atoms with van der Waals surface area (Å²) in [5.74, 6) is 3.05. The number of nitrogens with one attached hydrogen (secondary N) is 1. The maximum atomic E-state index is 12.2. The fourth-order valence-electron chi connectivity index (χ4n) is 3.80. The summed E-state index contributed by atoms with van der Waals surface area (Å²) in [6, 6.07) is 7.13. The molecule has 3 heterocycles. The van der Waals surface area contributed by atoms with E-state index in [0.29, 0.717) is 18.8 Å². The van der Waals surface area contributed by atoms with Gasteiger partial charge in [-0.05, 0) is 49.3 Å². The first-order valence-electron chi connectivity index (χ1n) is 11.3. The van der Waals surface area contributed by atoms with Crippen LogP contribution in [0.3, 0.4) is 0 Å². The molecule has 0 spiro atoms. The Bertz CT molecular complexity index is 1070. The van der Waals surface area contributed by atoms with Gasteiger partial charge in [-0.25, -0.2) is 14.6 Å². The van der Waals surface area contributed by atoms with E-state index < -0.39 is 0 Å². The molecule has 1 amide bonds. The summed E-state index contributed by atoms with van der Waals surface area (Å²) in [6.45, 7) is 5.02. The second kappa shape index (κ2) is 11.2. The number of ether oxygens (including phenoxy) is 2. The quantitative estimate of drug-likeness (QED) is 0.357. The summed E-state index contributed by atoms with van der Waals surface area (Å²) in [5.41, 5.74) is 0.810. The molecule has 0 unspecified atom stereocenters. The number of carbonyl (C=O) groups is 1. The minimum atomic E-state index is -0.187. The van der Waals surface area contributed by atoms with Gasteiger partial charge in [0.2, 0.25) is 0 Å². The zero-order valence-electron chi connectivity index (χ0n) is 19.1. The second-order valence-electron chi connectivity index (χ2n) is 7.73. The summed E-state index contributed by atoms with van der Waals surface area (Å²) in [5, 5.41) is 9.16. The van der Waals surface area contributed by atoms with Crippen molar-refractivity contribution < 1.29 is 14.3 Å². The third kappa shape index (κ3) is 5.87. The first-order valence-corrected chi connectivity index (χ1v) is 12.3. The van der Waals surface area contributed by atoms with E-state index in [2.05, 4.69) is 22.2 Å². The summed E-state index contributed by atoms with van der Waals surface area (Å²) < 4.78 is 12.5.